The molecule has 0 unspecified atom stereocenters. The molecule has 0 radical (unpaired) electrons. The second-order valence-corrected chi connectivity index (χ2v) is 9.06. The van der Waals surface area contributed by atoms with Gasteiger partial charge in [0.1, 0.15) is 11.5 Å². The van der Waals surface area contributed by atoms with E-state index in [-0.39, 0.29) is 10.5 Å². The van der Waals surface area contributed by atoms with Gasteiger partial charge in [0.15, 0.2) is 5.13 Å². The van der Waals surface area contributed by atoms with E-state index in [2.05, 4.69) is 10.3 Å². The molecule has 0 aliphatic carbocycles. The first-order valence-corrected chi connectivity index (χ1v) is 12.0. The molecule has 164 valence electrons. The first kappa shape index (κ1) is 23.4. The number of alkyl halides is 2. The van der Waals surface area contributed by atoms with Crippen LogP contribution in [0.4, 0.5) is 13.9 Å². The average Bonchev–Trinajstić information content (AvgIpc) is 3.20. The van der Waals surface area contributed by atoms with Crippen LogP contribution in [0.5, 0.6) is 11.5 Å². The highest BCUT2D eigenvalue weighted by atomic mass is 32.2. The van der Waals surface area contributed by atoms with Crippen LogP contribution in [0.3, 0.4) is 0 Å². The molecule has 1 amide bonds. The monoisotopic (exact) mass is 482 g/mol. The standard InChI is InChI=1S/C21H20F2N2O3S3/c1-27-15-7-13(8-16(9-15)28-2)10-29-11-14-12-30-21(24-14)25-19(26)17-5-3-4-6-18(17)31-20(22)23/h3-9,12,20H,10-11H2,1-2H3,(H,24,25,26). The predicted octanol–water partition coefficient (Wildman–Crippen LogP) is 6.16. The van der Waals surface area contributed by atoms with E-state index in [0.717, 1.165) is 28.5 Å². The van der Waals surface area contributed by atoms with Gasteiger partial charge in [0.2, 0.25) is 0 Å². The van der Waals surface area contributed by atoms with Crippen LogP contribution in [0.2, 0.25) is 0 Å². The molecule has 3 rings (SSSR count). The van der Waals surface area contributed by atoms with Crippen molar-refractivity contribution in [2.24, 2.45) is 0 Å². The number of carbonyl (C=O) groups excluding carboxylic acids is 1. The Morgan fingerprint density at radius 3 is 2.52 bits per heavy atom. The van der Waals surface area contributed by atoms with Crippen LogP contribution in [-0.4, -0.2) is 30.9 Å². The summed E-state index contributed by atoms with van der Waals surface area (Å²) < 4.78 is 36.0. The maximum atomic E-state index is 12.7. The van der Waals surface area contributed by atoms with E-state index in [1.165, 1.54) is 23.5 Å². The third kappa shape index (κ3) is 6.84. The van der Waals surface area contributed by atoms with Crippen LogP contribution in [0.1, 0.15) is 21.6 Å². The fourth-order valence-electron chi connectivity index (χ4n) is 2.67. The van der Waals surface area contributed by atoms with Crippen molar-refractivity contribution in [3.05, 3.63) is 64.7 Å². The van der Waals surface area contributed by atoms with Crippen LogP contribution < -0.4 is 14.8 Å². The quantitative estimate of drug-likeness (QED) is 0.349. The van der Waals surface area contributed by atoms with Crippen molar-refractivity contribution >= 4 is 45.9 Å². The van der Waals surface area contributed by atoms with Crippen LogP contribution in [-0.2, 0) is 11.5 Å². The molecule has 0 bridgehead atoms. The number of thiazole rings is 1. The number of nitrogens with one attached hydrogen (secondary N) is 1. The van der Waals surface area contributed by atoms with E-state index in [1.54, 1.807) is 38.1 Å². The zero-order valence-electron chi connectivity index (χ0n) is 16.8. The van der Waals surface area contributed by atoms with Gasteiger partial charge in [-0.25, -0.2) is 4.98 Å². The summed E-state index contributed by atoms with van der Waals surface area (Å²) in [5, 5.41) is 5.00. The van der Waals surface area contributed by atoms with E-state index in [1.807, 2.05) is 23.6 Å². The minimum atomic E-state index is -2.60. The average molecular weight is 483 g/mol. The molecule has 0 spiro atoms. The molecule has 2 aromatic carbocycles. The maximum absolute atomic E-state index is 12.7. The Hall–Kier alpha value is -2.30. The molecule has 31 heavy (non-hydrogen) atoms. The highest BCUT2D eigenvalue weighted by Crippen LogP contribution is 2.30. The Bertz CT molecular complexity index is 1010. The molecule has 0 aliphatic heterocycles. The summed E-state index contributed by atoms with van der Waals surface area (Å²) in [6.07, 6.45) is 0. The van der Waals surface area contributed by atoms with Crippen molar-refractivity contribution in [2.75, 3.05) is 19.5 Å². The van der Waals surface area contributed by atoms with E-state index < -0.39 is 11.7 Å². The number of carbonyl (C=O) groups is 1. The lowest BCUT2D eigenvalue weighted by molar-refractivity contribution is 0.102. The summed E-state index contributed by atoms with van der Waals surface area (Å²) in [5.74, 6) is -0.185. The van der Waals surface area contributed by atoms with E-state index >= 15 is 0 Å². The number of ether oxygens (including phenoxy) is 2. The first-order chi connectivity index (χ1) is 15.0. The number of nitrogens with zero attached hydrogens (tertiary/aromatic N) is 1. The van der Waals surface area contributed by atoms with Crippen molar-refractivity contribution in [3.63, 3.8) is 0 Å². The summed E-state index contributed by atoms with van der Waals surface area (Å²) >= 11 is 3.32. The molecule has 3 aromatic rings. The number of hydrogen-bond acceptors (Lipinski definition) is 7. The summed E-state index contributed by atoms with van der Waals surface area (Å²) in [6, 6.07) is 12.0. The summed E-state index contributed by atoms with van der Waals surface area (Å²) in [7, 11) is 3.22. The van der Waals surface area contributed by atoms with Crippen molar-refractivity contribution in [1.29, 1.82) is 0 Å². The van der Waals surface area contributed by atoms with Crippen LogP contribution >= 0.6 is 34.9 Å². The Labute approximate surface area is 191 Å². The van der Waals surface area contributed by atoms with Crippen molar-refractivity contribution in [1.82, 2.24) is 4.98 Å². The number of rotatable bonds is 10. The molecular formula is C21H20F2N2O3S3. The number of hydrogen-bond donors (Lipinski definition) is 1. The van der Waals surface area contributed by atoms with Gasteiger partial charge in [-0.1, -0.05) is 23.9 Å². The Morgan fingerprint density at radius 2 is 1.84 bits per heavy atom. The van der Waals surface area contributed by atoms with Crippen molar-refractivity contribution in [2.45, 2.75) is 22.2 Å². The lowest BCUT2D eigenvalue weighted by Gasteiger charge is -2.08. The van der Waals surface area contributed by atoms with Crippen LogP contribution in [0.15, 0.2) is 52.7 Å². The Kier molecular flexibility index (Phi) is 8.56. The van der Waals surface area contributed by atoms with Gasteiger partial charge in [-0.2, -0.15) is 20.5 Å². The lowest BCUT2D eigenvalue weighted by Crippen LogP contribution is -2.13. The molecule has 1 aromatic heterocycles. The summed E-state index contributed by atoms with van der Waals surface area (Å²) in [5.41, 5.74) is 2.10. The molecule has 1 heterocycles. The lowest BCUT2D eigenvalue weighted by atomic mass is 10.2. The van der Waals surface area contributed by atoms with Crippen molar-refractivity contribution in [3.8, 4) is 11.5 Å². The first-order valence-electron chi connectivity index (χ1n) is 9.07. The number of thioether (sulfide) groups is 2. The second kappa shape index (κ2) is 11.4. The Morgan fingerprint density at radius 1 is 1.13 bits per heavy atom. The Balaban J connectivity index is 1.57. The molecule has 0 atom stereocenters. The number of methoxy groups -OCH3 is 2. The van der Waals surface area contributed by atoms with E-state index in [9.17, 15) is 13.6 Å². The van der Waals surface area contributed by atoms with Gasteiger partial charge in [0.25, 0.3) is 11.7 Å². The fraction of sp³-hybridized carbons (Fsp3) is 0.238. The molecular weight excluding hydrogens is 462 g/mol. The maximum Gasteiger partial charge on any atom is 0.288 e. The van der Waals surface area contributed by atoms with Gasteiger partial charge in [-0.05, 0) is 29.8 Å². The number of benzene rings is 2. The summed E-state index contributed by atoms with van der Waals surface area (Å²) in [4.78, 5) is 17.2. The van der Waals surface area contributed by atoms with Gasteiger partial charge in [-0.15, -0.1) is 11.3 Å². The SMILES string of the molecule is COc1cc(CSCc2csc(NC(=O)c3ccccc3SC(F)F)n2)cc(OC)c1. The molecule has 0 saturated carbocycles. The van der Waals surface area contributed by atoms with Crippen LogP contribution in [0.25, 0.3) is 0 Å². The molecule has 10 heteroatoms. The largest absolute Gasteiger partial charge is 0.497 e. The third-order valence-corrected chi connectivity index (χ3v) is 6.68. The van der Waals surface area contributed by atoms with Gasteiger partial charge in [-0.3, -0.25) is 10.1 Å². The molecule has 5 nitrogen and oxygen atoms in total. The zero-order valence-corrected chi connectivity index (χ0v) is 19.2. The molecule has 1 N–H and O–H groups in total. The minimum absolute atomic E-state index is 0.200. The number of halogens is 2. The third-order valence-electron chi connectivity index (χ3n) is 4.05. The highest BCUT2D eigenvalue weighted by molar-refractivity contribution is 7.99. The molecule has 0 aliphatic rings. The van der Waals surface area contributed by atoms with E-state index in [0.29, 0.717) is 22.6 Å². The van der Waals surface area contributed by atoms with Crippen molar-refractivity contribution < 1.29 is 23.0 Å². The van der Waals surface area contributed by atoms with Gasteiger partial charge >= 0.3 is 0 Å². The number of anilines is 1. The zero-order chi connectivity index (χ0) is 22.2. The smallest absolute Gasteiger partial charge is 0.288 e. The predicted molar refractivity (Wildman–Crippen MR) is 123 cm³/mol. The normalized spacial score (nSPS) is 10.9. The second-order valence-electron chi connectivity index (χ2n) is 6.19. The van der Waals surface area contributed by atoms with Crippen LogP contribution in [0, 0.1) is 0 Å². The topological polar surface area (TPSA) is 60.5 Å². The minimum Gasteiger partial charge on any atom is -0.497 e. The van der Waals surface area contributed by atoms with Gasteiger partial charge in [0.05, 0.1) is 25.5 Å². The van der Waals surface area contributed by atoms with Gasteiger partial charge < -0.3 is 9.47 Å². The summed E-state index contributed by atoms with van der Waals surface area (Å²) in [6.45, 7) is 0. The molecule has 0 saturated heterocycles. The number of aromatic nitrogens is 1. The van der Waals surface area contributed by atoms with E-state index in [4.69, 9.17) is 9.47 Å². The number of amides is 1. The fourth-order valence-corrected chi connectivity index (χ4v) is 4.98. The highest BCUT2D eigenvalue weighted by Gasteiger charge is 2.16. The van der Waals surface area contributed by atoms with Gasteiger partial charge in [0, 0.05) is 27.8 Å². The molecule has 0 fully saturated rings.